The van der Waals surface area contributed by atoms with Gasteiger partial charge in [-0.25, -0.2) is 4.98 Å². The van der Waals surface area contributed by atoms with Gasteiger partial charge in [-0.3, -0.25) is 0 Å². The first-order valence-corrected chi connectivity index (χ1v) is 6.02. The third-order valence-corrected chi connectivity index (χ3v) is 3.21. The minimum absolute atomic E-state index is 0.401. The van der Waals surface area contributed by atoms with Crippen LogP contribution in [0.2, 0.25) is 0 Å². The van der Waals surface area contributed by atoms with E-state index in [1.807, 2.05) is 19.1 Å². The molecule has 0 amide bonds. The number of nitrogens with two attached hydrogens (primary N) is 1. The number of hydrogen-bond donors (Lipinski definition) is 2. The first kappa shape index (κ1) is 11.3. The second-order valence-corrected chi connectivity index (χ2v) is 4.92. The van der Waals surface area contributed by atoms with Crippen molar-refractivity contribution in [1.82, 2.24) is 4.98 Å². The molecule has 0 radical (unpaired) electrons. The molecule has 1 atom stereocenters. The lowest BCUT2D eigenvalue weighted by Gasteiger charge is -2.16. The molecule has 1 aromatic rings. The quantitative estimate of drug-likeness (QED) is 0.786. The monoisotopic (exact) mass is 235 g/mol. The number of nitrogens with zero attached hydrogens (tertiary/aromatic N) is 1. The van der Waals surface area contributed by atoms with Crippen LogP contribution in [-0.4, -0.2) is 16.0 Å². The molecular weight excluding hydrogens is 218 g/mol. The molecule has 0 spiro atoms. The number of aryl methyl sites for hydroxylation is 1. The van der Waals surface area contributed by atoms with Crippen LogP contribution in [0.5, 0.6) is 0 Å². The van der Waals surface area contributed by atoms with E-state index in [0.717, 1.165) is 23.0 Å². The molecule has 3 nitrogen and oxygen atoms in total. The van der Waals surface area contributed by atoms with E-state index in [1.54, 1.807) is 0 Å². The van der Waals surface area contributed by atoms with Gasteiger partial charge in [0.2, 0.25) is 0 Å². The number of aromatic nitrogens is 1. The summed E-state index contributed by atoms with van der Waals surface area (Å²) in [5, 5.41) is 3.42. The molecule has 0 saturated heterocycles. The van der Waals surface area contributed by atoms with Crippen LogP contribution in [0.1, 0.15) is 31.0 Å². The maximum Gasteiger partial charge on any atom is 0.136 e. The fraction of sp³-hybridized carbons (Fsp3) is 0.500. The van der Waals surface area contributed by atoms with Gasteiger partial charge in [0.15, 0.2) is 0 Å². The van der Waals surface area contributed by atoms with E-state index >= 15 is 0 Å². The van der Waals surface area contributed by atoms with Crippen molar-refractivity contribution < 1.29 is 0 Å². The second-order valence-electron chi connectivity index (χ2n) is 4.48. The van der Waals surface area contributed by atoms with Crippen LogP contribution >= 0.6 is 12.2 Å². The average molecular weight is 235 g/mol. The SMILES string of the molecule is Cc1ccc(C(N)=S)c(NC(C)C2CC2)n1. The van der Waals surface area contributed by atoms with E-state index in [4.69, 9.17) is 18.0 Å². The molecule has 0 bridgehead atoms. The summed E-state index contributed by atoms with van der Waals surface area (Å²) in [5.74, 6) is 1.61. The lowest BCUT2D eigenvalue weighted by molar-refractivity contribution is 0.690. The van der Waals surface area contributed by atoms with Crippen LogP contribution in [-0.2, 0) is 0 Å². The maximum absolute atomic E-state index is 5.68. The lowest BCUT2D eigenvalue weighted by atomic mass is 10.2. The summed E-state index contributed by atoms with van der Waals surface area (Å²) in [5.41, 5.74) is 7.50. The van der Waals surface area contributed by atoms with Gasteiger partial charge in [0.25, 0.3) is 0 Å². The molecule has 1 unspecified atom stereocenters. The molecule has 1 heterocycles. The molecule has 16 heavy (non-hydrogen) atoms. The third-order valence-electron chi connectivity index (χ3n) is 2.99. The van der Waals surface area contributed by atoms with E-state index in [9.17, 15) is 0 Å². The van der Waals surface area contributed by atoms with E-state index < -0.39 is 0 Å². The molecule has 86 valence electrons. The van der Waals surface area contributed by atoms with Crippen LogP contribution in [0, 0.1) is 12.8 Å². The van der Waals surface area contributed by atoms with Crippen LogP contribution < -0.4 is 11.1 Å². The van der Waals surface area contributed by atoms with Crippen molar-refractivity contribution in [3.05, 3.63) is 23.4 Å². The Hall–Kier alpha value is -1.16. The van der Waals surface area contributed by atoms with Gasteiger partial charge in [-0.2, -0.15) is 0 Å². The third kappa shape index (κ3) is 2.50. The first-order chi connectivity index (χ1) is 7.58. The predicted molar refractivity (Wildman–Crippen MR) is 70.7 cm³/mol. The Balaban J connectivity index is 2.22. The Bertz CT molecular complexity index is 413. The van der Waals surface area contributed by atoms with Gasteiger partial charge >= 0.3 is 0 Å². The molecule has 1 aliphatic rings. The van der Waals surface area contributed by atoms with Crippen LogP contribution in [0.3, 0.4) is 0 Å². The topological polar surface area (TPSA) is 50.9 Å². The molecule has 4 heteroatoms. The highest BCUT2D eigenvalue weighted by atomic mass is 32.1. The summed E-state index contributed by atoms with van der Waals surface area (Å²) >= 11 is 5.02. The Kier molecular flexibility index (Phi) is 3.10. The van der Waals surface area contributed by atoms with Crippen molar-refractivity contribution >= 4 is 23.0 Å². The summed E-state index contributed by atoms with van der Waals surface area (Å²) < 4.78 is 0. The van der Waals surface area contributed by atoms with Gasteiger partial charge in [-0.15, -0.1) is 0 Å². The highest BCUT2D eigenvalue weighted by Gasteiger charge is 2.28. The number of thiocarbonyl (C=S) groups is 1. The fourth-order valence-corrected chi connectivity index (χ4v) is 1.96. The standard InChI is InChI=1S/C12H17N3S/c1-7-3-6-10(11(13)16)12(14-7)15-8(2)9-4-5-9/h3,6,8-9H,4-5H2,1-2H3,(H2,13,16)(H,14,15). The Labute approximate surface area is 101 Å². The molecule has 1 aromatic heterocycles. The van der Waals surface area contributed by atoms with Crippen molar-refractivity contribution in [2.45, 2.75) is 32.7 Å². The number of rotatable bonds is 4. The molecule has 2 rings (SSSR count). The second kappa shape index (κ2) is 4.37. The molecule has 1 aliphatic carbocycles. The summed E-state index contributed by atoms with van der Waals surface area (Å²) in [6.07, 6.45) is 2.62. The van der Waals surface area contributed by atoms with Crippen molar-refractivity contribution in [3.8, 4) is 0 Å². The minimum atomic E-state index is 0.401. The Morgan fingerprint density at radius 2 is 2.25 bits per heavy atom. The zero-order chi connectivity index (χ0) is 11.7. The van der Waals surface area contributed by atoms with E-state index in [2.05, 4.69) is 17.2 Å². The number of pyridine rings is 1. The summed E-state index contributed by atoms with van der Waals surface area (Å²) in [7, 11) is 0. The summed E-state index contributed by atoms with van der Waals surface area (Å²) in [6.45, 7) is 4.15. The first-order valence-electron chi connectivity index (χ1n) is 5.62. The van der Waals surface area contributed by atoms with Crippen LogP contribution in [0.15, 0.2) is 12.1 Å². The lowest BCUT2D eigenvalue weighted by Crippen LogP contribution is -2.22. The van der Waals surface area contributed by atoms with Gasteiger partial charge in [0.05, 0.1) is 5.56 Å². The molecule has 0 aliphatic heterocycles. The molecule has 3 N–H and O–H groups in total. The van der Waals surface area contributed by atoms with Gasteiger partial charge in [0, 0.05) is 11.7 Å². The number of hydrogen-bond acceptors (Lipinski definition) is 3. The van der Waals surface area contributed by atoms with Crippen molar-refractivity contribution in [1.29, 1.82) is 0 Å². The average Bonchev–Trinajstić information content (AvgIpc) is 2.99. The zero-order valence-electron chi connectivity index (χ0n) is 9.66. The highest BCUT2D eigenvalue weighted by Crippen LogP contribution is 2.34. The molecular formula is C12H17N3S. The normalized spacial score (nSPS) is 16.9. The van der Waals surface area contributed by atoms with Gasteiger partial charge in [-0.1, -0.05) is 12.2 Å². The van der Waals surface area contributed by atoms with E-state index in [1.165, 1.54) is 12.8 Å². The zero-order valence-corrected chi connectivity index (χ0v) is 10.5. The minimum Gasteiger partial charge on any atom is -0.389 e. The van der Waals surface area contributed by atoms with Gasteiger partial charge in [0.1, 0.15) is 10.8 Å². The summed E-state index contributed by atoms with van der Waals surface area (Å²) in [6, 6.07) is 4.32. The van der Waals surface area contributed by atoms with Crippen molar-refractivity contribution in [2.24, 2.45) is 11.7 Å². The fourth-order valence-electron chi connectivity index (χ4n) is 1.80. The molecule has 1 fully saturated rings. The molecule has 0 aromatic carbocycles. The number of nitrogens with one attached hydrogen (secondary N) is 1. The smallest absolute Gasteiger partial charge is 0.136 e. The molecule has 1 saturated carbocycles. The van der Waals surface area contributed by atoms with E-state index in [0.29, 0.717) is 11.0 Å². The van der Waals surface area contributed by atoms with Crippen LogP contribution in [0.4, 0.5) is 5.82 Å². The highest BCUT2D eigenvalue weighted by molar-refractivity contribution is 7.80. The maximum atomic E-state index is 5.68. The summed E-state index contributed by atoms with van der Waals surface area (Å²) in [4.78, 5) is 4.87. The van der Waals surface area contributed by atoms with Crippen LogP contribution in [0.25, 0.3) is 0 Å². The number of anilines is 1. The van der Waals surface area contributed by atoms with Crippen molar-refractivity contribution in [2.75, 3.05) is 5.32 Å². The Morgan fingerprint density at radius 3 is 2.81 bits per heavy atom. The van der Waals surface area contributed by atoms with Gasteiger partial charge in [-0.05, 0) is 44.7 Å². The van der Waals surface area contributed by atoms with Crippen molar-refractivity contribution in [3.63, 3.8) is 0 Å². The Morgan fingerprint density at radius 1 is 1.56 bits per heavy atom. The van der Waals surface area contributed by atoms with Gasteiger partial charge < -0.3 is 11.1 Å². The predicted octanol–water partition coefficient (Wildman–Crippen LogP) is 2.23. The van der Waals surface area contributed by atoms with E-state index in [-0.39, 0.29) is 0 Å². The largest absolute Gasteiger partial charge is 0.389 e.